The molecule has 0 saturated heterocycles. The summed E-state index contributed by atoms with van der Waals surface area (Å²) in [5.74, 6) is -4.95. The van der Waals surface area contributed by atoms with Crippen molar-refractivity contribution in [2.24, 2.45) is 0 Å². The number of carbonyl (C=O) groups is 1. The van der Waals surface area contributed by atoms with Crippen molar-refractivity contribution in [2.75, 3.05) is 6.61 Å². The van der Waals surface area contributed by atoms with Crippen molar-refractivity contribution in [1.29, 1.82) is 0 Å². The van der Waals surface area contributed by atoms with Gasteiger partial charge >= 0.3 is 5.97 Å². The molecule has 0 saturated carbocycles. The second-order valence-electron chi connectivity index (χ2n) is 6.00. The highest BCUT2D eigenvalue weighted by atomic mass is 19.2. The first-order valence-corrected chi connectivity index (χ1v) is 8.59. The number of benzene rings is 2. The number of halogens is 3. The molecule has 0 aliphatic heterocycles. The summed E-state index contributed by atoms with van der Waals surface area (Å²) >= 11 is 0. The Bertz CT molecular complexity index is 775. The molecule has 0 bridgehead atoms. The van der Waals surface area contributed by atoms with E-state index in [1.54, 1.807) is 0 Å². The Morgan fingerprint density at radius 3 is 2.31 bits per heavy atom. The van der Waals surface area contributed by atoms with Crippen LogP contribution in [0.3, 0.4) is 0 Å². The Hall–Kier alpha value is -2.50. The Morgan fingerprint density at radius 2 is 1.65 bits per heavy atom. The Morgan fingerprint density at radius 1 is 0.962 bits per heavy atom. The molecule has 3 nitrogen and oxygen atoms in total. The van der Waals surface area contributed by atoms with Crippen molar-refractivity contribution in [3.8, 4) is 16.9 Å². The van der Waals surface area contributed by atoms with Crippen LogP contribution in [0.4, 0.5) is 13.2 Å². The SMILES string of the molecule is CCCCCCCOc1ccc(-c2ccc(C(=O)O)c(F)c2F)c(F)c1. The average Bonchev–Trinajstić information content (AvgIpc) is 2.60. The molecule has 1 N–H and O–H groups in total. The molecule has 0 aliphatic carbocycles. The van der Waals surface area contributed by atoms with Crippen molar-refractivity contribution >= 4 is 5.97 Å². The van der Waals surface area contributed by atoms with E-state index < -0.39 is 29.0 Å². The third-order valence-corrected chi connectivity index (χ3v) is 4.06. The van der Waals surface area contributed by atoms with E-state index in [0.717, 1.165) is 43.9 Å². The monoisotopic (exact) mass is 366 g/mol. The molecule has 2 aromatic rings. The van der Waals surface area contributed by atoms with E-state index in [4.69, 9.17) is 9.84 Å². The summed E-state index contributed by atoms with van der Waals surface area (Å²) in [7, 11) is 0. The van der Waals surface area contributed by atoms with Crippen molar-refractivity contribution in [3.63, 3.8) is 0 Å². The zero-order chi connectivity index (χ0) is 19.1. The number of ether oxygens (including phenoxy) is 1. The van der Waals surface area contributed by atoms with Crippen LogP contribution in [-0.4, -0.2) is 17.7 Å². The molecule has 0 spiro atoms. The molecule has 0 radical (unpaired) electrons. The lowest BCUT2D eigenvalue weighted by Gasteiger charge is -2.10. The number of carboxylic acids is 1. The predicted molar refractivity (Wildman–Crippen MR) is 93.0 cm³/mol. The molecular formula is C20H21F3O3. The van der Waals surface area contributed by atoms with E-state index >= 15 is 0 Å². The first-order valence-electron chi connectivity index (χ1n) is 8.59. The Kier molecular flexibility index (Phi) is 7.06. The van der Waals surface area contributed by atoms with Gasteiger partial charge in [-0.05, 0) is 24.6 Å². The maximum absolute atomic E-state index is 14.3. The zero-order valence-electron chi connectivity index (χ0n) is 14.5. The molecule has 0 aliphatic rings. The van der Waals surface area contributed by atoms with Gasteiger partial charge in [0.2, 0.25) is 0 Å². The molecule has 0 heterocycles. The molecule has 0 amide bonds. The standard InChI is InChI=1S/C20H21F3O3/c1-2-3-4-5-6-11-26-13-7-8-14(17(21)12-13)15-9-10-16(20(24)25)19(23)18(15)22/h7-10,12H,2-6,11H2,1H3,(H,24,25). The third kappa shape index (κ3) is 4.77. The Labute approximate surface area is 150 Å². The highest BCUT2D eigenvalue weighted by molar-refractivity contribution is 5.88. The Balaban J connectivity index is 2.10. The lowest BCUT2D eigenvalue weighted by Crippen LogP contribution is -2.04. The van der Waals surface area contributed by atoms with Crippen LogP contribution in [0, 0.1) is 17.5 Å². The molecule has 2 rings (SSSR count). The molecule has 0 unspecified atom stereocenters. The van der Waals surface area contributed by atoms with E-state index in [1.165, 1.54) is 18.6 Å². The van der Waals surface area contributed by atoms with Gasteiger partial charge in [0.1, 0.15) is 11.6 Å². The van der Waals surface area contributed by atoms with Crippen LogP contribution in [0.1, 0.15) is 49.4 Å². The molecular weight excluding hydrogens is 345 g/mol. The number of aromatic carboxylic acids is 1. The van der Waals surface area contributed by atoms with Crippen LogP contribution < -0.4 is 4.74 Å². The first-order chi connectivity index (χ1) is 12.5. The van der Waals surface area contributed by atoms with Gasteiger partial charge in [0.05, 0.1) is 12.2 Å². The normalized spacial score (nSPS) is 10.8. The van der Waals surface area contributed by atoms with E-state index in [9.17, 15) is 18.0 Å². The van der Waals surface area contributed by atoms with Crippen LogP contribution in [-0.2, 0) is 0 Å². The van der Waals surface area contributed by atoms with Gasteiger partial charge in [0.15, 0.2) is 11.6 Å². The molecule has 2 aromatic carbocycles. The van der Waals surface area contributed by atoms with E-state index in [0.29, 0.717) is 12.4 Å². The minimum Gasteiger partial charge on any atom is -0.493 e. The highest BCUT2D eigenvalue weighted by Crippen LogP contribution is 2.30. The van der Waals surface area contributed by atoms with Crippen molar-refractivity contribution in [1.82, 2.24) is 0 Å². The molecule has 0 atom stereocenters. The van der Waals surface area contributed by atoms with Gasteiger partial charge in [-0.3, -0.25) is 0 Å². The molecule has 140 valence electrons. The van der Waals surface area contributed by atoms with Crippen molar-refractivity contribution in [3.05, 3.63) is 53.3 Å². The number of rotatable bonds is 9. The summed E-state index contributed by atoms with van der Waals surface area (Å²) in [6.07, 6.45) is 5.35. The van der Waals surface area contributed by atoms with E-state index in [2.05, 4.69) is 6.92 Å². The largest absolute Gasteiger partial charge is 0.493 e. The van der Waals surface area contributed by atoms with Gasteiger partial charge in [-0.2, -0.15) is 0 Å². The summed E-state index contributed by atoms with van der Waals surface area (Å²) in [4.78, 5) is 10.8. The first kappa shape index (κ1) is 19.8. The lowest BCUT2D eigenvalue weighted by atomic mass is 10.0. The van der Waals surface area contributed by atoms with Gasteiger partial charge in [-0.1, -0.05) is 38.7 Å². The number of hydrogen-bond donors (Lipinski definition) is 1. The van der Waals surface area contributed by atoms with Gasteiger partial charge in [0.25, 0.3) is 0 Å². The topological polar surface area (TPSA) is 46.5 Å². The smallest absolute Gasteiger partial charge is 0.338 e. The average molecular weight is 366 g/mol. The van der Waals surface area contributed by atoms with Gasteiger partial charge in [-0.15, -0.1) is 0 Å². The lowest BCUT2D eigenvalue weighted by molar-refractivity contribution is 0.0690. The maximum Gasteiger partial charge on any atom is 0.338 e. The fourth-order valence-electron chi connectivity index (χ4n) is 2.62. The quantitative estimate of drug-likeness (QED) is 0.569. The predicted octanol–water partition coefficient (Wildman–Crippen LogP) is 5.82. The minimum atomic E-state index is -1.59. The van der Waals surface area contributed by atoms with Crippen LogP contribution >= 0.6 is 0 Å². The van der Waals surface area contributed by atoms with Gasteiger partial charge < -0.3 is 9.84 Å². The molecule has 26 heavy (non-hydrogen) atoms. The van der Waals surface area contributed by atoms with E-state index in [-0.39, 0.29) is 11.1 Å². The molecule has 0 aromatic heterocycles. The van der Waals surface area contributed by atoms with Crippen LogP contribution in [0.25, 0.3) is 11.1 Å². The molecule has 0 fully saturated rings. The summed E-state index contributed by atoms with van der Waals surface area (Å²) < 4.78 is 47.7. The second kappa shape index (κ2) is 9.27. The van der Waals surface area contributed by atoms with Crippen molar-refractivity contribution in [2.45, 2.75) is 39.0 Å². The number of carboxylic acid groups (broad SMARTS) is 1. The highest BCUT2D eigenvalue weighted by Gasteiger charge is 2.20. The summed E-state index contributed by atoms with van der Waals surface area (Å²) in [6, 6.07) is 5.85. The third-order valence-electron chi connectivity index (χ3n) is 4.06. The second-order valence-corrected chi connectivity index (χ2v) is 6.00. The fraction of sp³-hybridized carbons (Fsp3) is 0.350. The number of unbranched alkanes of at least 4 members (excludes halogenated alkanes) is 4. The number of hydrogen-bond acceptors (Lipinski definition) is 2. The van der Waals surface area contributed by atoms with Crippen LogP contribution in [0.2, 0.25) is 0 Å². The zero-order valence-corrected chi connectivity index (χ0v) is 14.5. The fourth-order valence-corrected chi connectivity index (χ4v) is 2.62. The van der Waals surface area contributed by atoms with Crippen molar-refractivity contribution < 1.29 is 27.8 Å². The van der Waals surface area contributed by atoms with E-state index in [1.807, 2.05) is 0 Å². The summed E-state index contributed by atoms with van der Waals surface area (Å²) in [5.41, 5.74) is -1.29. The summed E-state index contributed by atoms with van der Waals surface area (Å²) in [6.45, 7) is 2.59. The molecule has 6 heteroatoms. The van der Waals surface area contributed by atoms with Crippen LogP contribution in [0.5, 0.6) is 5.75 Å². The maximum atomic E-state index is 14.3. The van der Waals surface area contributed by atoms with Gasteiger partial charge in [-0.25, -0.2) is 18.0 Å². The van der Waals surface area contributed by atoms with Gasteiger partial charge in [0, 0.05) is 17.2 Å². The summed E-state index contributed by atoms with van der Waals surface area (Å²) in [5, 5.41) is 8.80. The minimum absolute atomic E-state index is 0.159. The van der Waals surface area contributed by atoms with Crippen LogP contribution in [0.15, 0.2) is 30.3 Å².